The van der Waals surface area contributed by atoms with Crippen LogP contribution < -0.4 is 9.04 Å². The van der Waals surface area contributed by atoms with E-state index in [1.165, 1.54) is 28.6 Å². The Hall–Kier alpha value is -3.46. The highest BCUT2D eigenvalue weighted by Gasteiger charge is 2.25. The lowest BCUT2D eigenvalue weighted by atomic mass is 10.1. The summed E-state index contributed by atoms with van der Waals surface area (Å²) in [5.41, 5.74) is 1.32. The molecule has 0 atom stereocenters. The third kappa shape index (κ3) is 5.31. The minimum absolute atomic E-state index is 0.00802. The molecule has 33 heavy (non-hydrogen) atoms. The molecule has 174 valence electrons. The molecule has 9 heteroatoms. The number of hydrogen-bond donors (Lipinski definition) is 1. The fourth-order valence-corrected chi connectivity index (χ4v) is 4.85. The molecule has 0 aliphatic heterocycles. The predicted molar refractivity (Wildman–Crippen MR) is 120 cm³/mol. The summed E-state index contributed by atoms with van der Waals surface area (Å²) < 4.78 is 59.6. The van der Waals surface area contributed by atoms with Crippen LogP contribution in [0.2, 0.25) is 0 Å². The SMILES string of the molecule is CCc1ccc(S(=O)(=O)N(CC)c2ccc(OCc3ccc(F)c(F)c3)cc2)cc1C(=O)O. The Bertz CT molecular complexity index is 1260. The Balaban J connectivity index is 1.81. The predicted octanol–water partition coefficient (Wildman–Crippen LogP) is 5.02. The van der Waals surface area contributed by atoms with Crippen LogP contribution in [0.1, 0.15) is 35.3 Å². The molecule has 0 saturated heterocycles. The number of anilines is 1. The summed E-state index contributed by atoms with van der Waals surface area (Å²) in [6.45, 7) is 3.59. The highest BCUT2D eigenvalue weighted by Crippen LogP contribution is 2.27. The topological polar surface area (TPSA) is 83.9 Å². The van der Waals surface area contributed by atoms with E-state index in [4.69, 9.17) is 4.74 Å². The van der Waals surface area contributed by atoms with Gasteiger partial charge in [-0.05, 0) is 73.0 Å². The molecule has 3 aromatic rings. The van der Waals surface area contributed by atoms with Gasteiger partial charge in [-0.1, -0.05) is 19.1 Å². The zero-order chi connectivity index (χ0) is 24.2. The van der Waals surface area contributed by atoms with Crippen LogP contribution in [0, 0.1) is 11.6 Å². The maximum atomic E-state index is 13.3. The number of hydrogen-bond acceptors (Lipinski definition) is 4. The van der Waals surface area contributed by atoms with Crippen molar-refractivity contribution in [3.05, 3.63) is 89.0 Å². The number of ether oxygens (including phenoxy) is 1. The molecular weight excluding hydrogens is 452 g/mol. The zero-order valence-corrected chi connectivity index (χ0v) is 18.9. The molecule has 0 radical (unpaired) electrons. The number of sulfonamides is 1. The van der Waals surface area contributed by atoms with Crippen LogP contribution >= 0.6 is 0 Å². The van der Waals surface area contributed by atoms with E-state index in [1.54, 1.807) is 38.1 Å². The second-order valence-electron chi connectivity index (χ2n) is 7.18. The third-order valence-corrected chi connectivity index (χ3v) is 6.98. The van der Waals surface area contributed by atoms with Gasteiger partial charge < -0.3 is 9.84 Å². The van der Waals surface area contributed by atoms with E-state index in [-0.39, 0.29) is 23.6 Å². The molecule has 0 aliphatic rings. The fourth-order valence-electron chi connectivity index (χ4n) is 3.35. The van der Waals surface area contributed by atoms with E-state index in [9.17, 15) is 27.1 Å². The largest absolute Gasteiger partial charge is 0.489 e. The van der Waals surface area contributed by atoms with Crippen molar-refractivity contribution in [3.63, 3.8) is 0 Å². The molecule has 0 saturated carbocycles. The molecule has 0 unspecified atom stereocenters. The van der Waals surface area contributed by atoms with Gasteiger partial charge in [0.2, 0.25) is 0 Å². The average molecular weight is 476 g/mol. The second-order valence-corrected chi connectivity index (χ2v) is 9.04. The van der Waals surface area contributed by atoms with Crippen LogP contribution in [0.15, 0.2) is 65.6 Å². The van der Waals surface area contributed by atoms with Gasteiger partial charge in [0.05, 0.1) is 16.1 Å². The van der Waals surface area contributed by atoms with Crippen molar-refractivity contribution >= 4 is 21.7 Å². The molecule has 0 spiro atoms. The van der Waals surface area contributed by atoms with Crippen molar-refractivity contribution in [3.8, 4) is 5.75 Å². The van der Waals surface area contributed by atoms with Crippen LogP contribution in [-0.2, 0) is 23.1 Å². The molecule has 3 aromatic carbocycles. The van der Waals surface area contributed by atoms with Crippen LogP contribution in [0.25, 0.3) is 0 Å². The Morgan fingerprint density at radius 3 is 2.24 bits per heavy atom. The fraction of sp³-hybridized carbons (Fsp3) is 0.208. The van der Waals surface area contributed by atoms with E-state index in [0.717, 1.165) is 12.1 Å². The summed E-state index contributed by atoms with van der Waals surface area (Å²) in [4.78, 5) is 11.4. The summed E-state index contributed by atoms with van der Waals surface area (Å²) in [5.74, 6) is -2.68. The average Bonchev–Trinajstić information content (AvgIpc) is 2.80. The first-order chi connectivity index (χ1) is 15.7. The second kappa shape index (κ2) is 9.99. The minimum Gasteiger partial charge on any atom is -0.489 e. The summed E-state index contributed by atoms with van der Waals surface area (Å²) in [7, 11) is -4.01. The van der Waals surface area contributed by atoms with Crippen molar-refractivity contribution in [1.29, 1.82) is 0 Å². The first kappa shape index (κ1) is 24.2. The van der Waals surface area contributed by atoms with E-state index in [0.29, 0.717) is 29.0 Å². The van der Waals surface area contributed by atoms with Gasteiger partial charge >= 0.3 is 5.97 Å². The van der Waals surface area contributed by atoms with Gasteiger partial charge in [-0.25, -0.2) is 22.0 Å². The number of carboxylic acid groups (broad SMARTS) is 1. The summed E-state index contributed by atoms with van der Waals surface area (Å²) in [5, 5.41) is 9.43. The number of nitrogens with zero attached hydrogens (tertiary/aromatic N) is 1. The molecule has 6 nitrogen and oxygen atoms in total. The number of benzene rings is 3. The quantitative estimate of drug-likeness (QED) is 0.470. The molecule has 0 bridgehead atoms. The molecule has 0 amide bonds. The lowest BCUT2D eigenvalue weighted by Gasteiger charge is -2.23. The van der Waals surface area contributed by atoms with Crippen molar-refractivity contribution in [1.82, 2.24) is 0 Å². The minimum atomic E-state index is -4.01. The zero-order valence-electron chi connectivity index (χ0n) is 18.1. The van der Waals surface area contributed by atoms with Gasteiger partial charge in [-0.2, -0.15) is 0 Å². The highest BCUT2D eigenvalue weighted by atomic mass is 32.2. The van der Waals surface area contributed by atoms with Gasteiger partial charge in [-0.3, -0.25) is 4.31 Å². The maximum Gasteiger partial charge on any atom is 0.336 e. The Morgan fingerprint density at radius 2 is 1.67 bits per heavy atom. The smallest absolute Gasteiger partial charge is 0.336 e. The molecule has 0 fully saturated rings. The molecule has 0 aliphatic carbocycles. The van der Waals surface area contributed by atoms with Crippen LogP contribution in [-0.4, -0.2) is 26.0 Å². The molecular formula is C24H23F2NO5S. The Morgan fingerprint density at radius 1 is 0.970 bits per heavy atom. The van der Waals surface area contributed by atoms with Crippen molar-refractivity contribution in [2.24, 2.45) is 0 Å². The molecule has 0 aromatic heterocycles. The highest BCUT2D eigenvalue weighted by molar-refractivity contribution is 7.92. The van der Waals surface area contributed by atoms with Crippen LogP contribution in [0.5, 0.6) is 5.75 Å². The van der Waals surface area contributed by atoms with Crippen molar-refractivity contribution in [2.75, 3.05) is 10.8 Å². The van der Waals surface area contributed by atoms with Crippen LogP contribution in [0.4, 0.5) is 14.5 Å². The molecule has 1 N–H and O–H groups in total. The van der Waals surface area contributed by atoms with E-state index in [1.807, 2.05) is 0 Å². The van der Waals surface area contributed by atoms with Gasteiger partial charge in [-0.15, -0.1) is 0 Å². The number of aromatic carboxylic acids is 1. The first-order valence-electron chi connectivity index (χ1n) is 10.2. The number of carboxylic acids is 1. The number of carbonyl (C=O) groups is 1. The first-order valence-corrected chi connectivity index (χ1v) is 11.7. The van der Waals surface area contributed by atoms with Gasteiger partial charge in [0.15, 0.2) is 11.6 Å². The van der Waals surface area contributed by atoms with Crippen LogP contribution in [0.3, 0.4) is 0 Å². The normalized spacial score (nSPS) is 11.3. The standard InChI is InChI=1S/C24H23F2NO5S/c1-3-17-6-11-20(14-21(17)24(28)29)33(30,31)27(4-2)18-7-9-19(10-8-18)32-15-16-5-12-22(25)23(26)13-16/h5-14H,3-4,15H2,1-2H3,(H,28,29). The van der Waals surface area contributed by atoms with E-state index in [2.05, 4.69) is 0 Å². The monoisotopic (exact) mass is 475 g/mol. The number of rotatable bonds is 9. The van der Waals surface area contributed by atoms with E-state index < -0.39 is 27.6 Å². The number of halogens is 2. The molecule has 0 heterocycles. The van der Waals surface area contributed by atoms with Crippen molar-refractivity contribution in [2.45, 2.75) is 31.8 Å². The lowest BCUT2D eigenvalue weighted by Crippen LogP contribution is -2.31. The van der Waals surface area contributed by atoms with Gasteiger partial charge in [0.1, 0.15) is 12.4 Å². The number of aryl methyl sites for hydroxylation is 1. The molecule has 3 rings (SSSR count). The maximum absolute atomic E-state index is 13.3. The lowest BCUT2D eigenvalue weighted by molar-refractivity contribution is 0.0695. The van der Waals surface area contributed by atoms with Gasteiger partial charge in [0.25, 0.3) is 10.0 Å². The summed E-state index contributed by atoms with van der Waals surface area (Å²) in [6, 6.07) is 13.8. The van der Waals surface area contributed by atoms with Crippen molar-refractivity contribution < 1.29 is 31.8 Å². The Kier molecular flexibility index (Phi) is 7.33. The van der Waals surface area contributed by atoms with Gasteiger partial charge in [0, 0.05) is 6.54 Å². The summed E-state index contributed by atoms with van der Waals surface area (Å²) >= 11 is 0. The Labute approximate surface area is 191 Å². The van der Waals surface area contributed by atoms with E-state index >= 15 is 0 Å². The summed E-state index contributed by atoms with van der Waals surface area (Å²) in [6.07, 6.45) is 0.464. The third-order valence-electron chi connectivity index (χ3n) is 5.08.